The summed E-state index contributed by atoms with van der Waals surface area (Å²) in [5, 5.41) is 10.8. The van der Waals surface area contributed by atoms with Gasteiger partial charge in [-0.15, -0.1) is 0 Å². The number of aromatic nitrogens is 3. The van der Waals surface area contributed by atoms with Gasteiger partial charge in [0, 0.05) is 38.1 Å². The van der Waals surface area contributed by atoms with Crippen LogP contribution >= 0.6 is 0 Å². The highest BCUT2D eigenvalue weighted by molar-refractivity contribution is 5.83. The van der Waals surface area contributed by atoms with Crippen molar-refractivity contribution in [2.45, 2.75) is 32.2 Å². The number of hydrogen-bond donors (Lipinski definition) is 3. The van der Waals surface area contributed by atoms with E-state index in [9.17, 15) is 4.79 Å². The van der Waals surface area contributed by atoms with E-state index in [1.807, 2.05) is 19.1 Å². The number of nitrogens with zero attached hydrogens (tertiary/aromatic N) is 2. The van der Waals surface area contributed by atoms with E-state index in [-0.39, 0.29) is 17.2 Å². The van der Waals surface area contributed by atoms with Gasteiger partial charge in [0.1, 0.15) is 11.6 Å². The van der Waals surface area contributed by atoms with Crippen molar-refractivity contribution in [2.24, 2.45) is 0 Å². The lowest BCUT2D eigenvalue weighted by Crippen LogP contribution is -2.30. The number of H-pyrrole nitrogens is 1. The summed E-state index contributed by atoms with van der Waals surface area (Å²) in [7, 11) is 0. The van der Waals surface area contributed by atoms with E-state index >= 15 is 0 Å². The van der Waals surface area contributed by atoms with Crippen molar-refractivity contribution in [1.82, 2.24) is 15.0 Å². The zero-order valence-electron chi connectivity index (χ0n) is 13.6. The maximum absolute atomic E-state index is 12.3. The summed E-state index contributed by atoms with van der Waals surface area (Å²) in [6.07, 6.45) is 4.95. The van der Waals surface area contributed by atoms with Crippen LogP contribution < -0.4 is 10.9 Å². The molecule has 1 fully saturated rings. The van der Waals surface area contributed by atoms with Crippen LogP contribution in [0.15, 0.2) is 23.1 Å². The molecule has 3 rings (SSSR count). The molecule has 0 saturated carbocycles. The van der Waals surface area contributed by atoms with Crippen LogP contribution in [0.5, 0.6) is 0 Å². The van der Waals surface area contributed by atoms with Crippen LogP contribution in [-0.2, 0) is 11.2 Å². The maximum atomic E-state index is 12.3. The second kappa shape index (κ2) is 7.35. The quantitative estimate of drug-likeness (QED) is 0.725. The van der Waals surface area contributed by atoms with Gasteiger partial charge in [-0.1, -0.05) is 6.07 Å². The van der Waals surface area contributed by atoms with Crippen LogP contribution in [0, 0.1) is 12.3 Å². The summed E-state index contributed by atoms with van der Waals surface area (Å²) in [5.41, 5.74) is 1.87. The monoisotopic (exact) mass is 327 g/mol. The molecule has 1 saturated heterocycles. The minimum atomic E-state index is -0.307. The van der Waals surface area contributed by atoms with E-state index in [2.05, 4.69) is 20.3 Å². The summed E-state index contributed by atoms with van der Waals surface area (Å²) in [4.78, 5) is 23.9. The first kappa shape index (κ1) is 16.3. The molecular weight excluding hydrogens is 306 g/mol. The molecule has 7 nitrogen and oxygen atoms in total. The van der Waals surface area contributed by atoms with Crippen LogP contribution in [0.1, 0.15) is 35.5 Å². The molecule has 3 heterocycles. The molecule has 7 heteroatoms. The number of rotatable bonds is 5. The first-order valence-corrected chi connectivity index (χ1v) is 8.06. The Hall–Kier alpha value is -2.54. The average molecular weight is 327 g/mol. The number of nitrogens with one attached hydrogen (secondary N) is 3. The predicted octanol–water partition coefficient (Wildman–Crippen LogP) is 1.65. The molecule has 0 spiro atoms. The summed E-state index contributed by atoms with van der Waals surface area (Å²) in [6, 6.07) is 4.06. The summed E-state index contributed by atoms with van der Waals surface area (Å²) in [6.45, 7) is 3.37. The number of hydrogen-bond acceptors (Lipinski definition) is 6. The molecule has 0 aliphatic carbocycles. The highest BCUT2D eigenvalue weighted by atomic mass is 16.5. The van der Waals surface area contributed by atoms with E-state index in [4.69, 9.17) is 10.1 Å². The summed E-state index contributed by atoms with van der Waals surface area (Å²) in [5.74, 6) is 1.01. The number of aryl methyl sites for hydroxylation is 1. The van der Waals surface area contributed by atoms with Gasteiger partial charge in [-0.05, 0) is 31.4 Å². The molecule has 3 N–H and O–H groups in total. The van der Waals surface area contributed by atoms with Gasteiger partial charge in [-0.25, -0.2) is 4.98 Å². The molecular formula is C17H21N5O2. The van der Waals surface area contributed by atoms with Crippen LogP contribution in [0.3, 0.4) is 0 Å². The highest BCUT2D eigenvalue weighted by Crippen LogP contribution is 2.16. The zero-order chi connectivity index (χ0) is 16.9. The van der Waals surface area contributed by atoms with Gasteiger partial charge in [-0.3, -0.25) is 9.78 Å². The second-order valence-electron chi connectivity index (χ2n) is 5.89. The topological polar surface area (TPSA) is 104 Å². The Bertz CT molecular complexity index is 781. The predicted molar refractivity (Wildman–Crippen MR) is 92.0 cm³/mol. The first-order valence-electron chi connectivity index (χ1n) is 8.06. The van der Waals surface area contributed by atoms with Crippen molar-refractivity contribution in [3.63, 3.8) is 0 Å². The van der Waals surface area contributed by atoms with Gasteiger partial charge in [0.15, 0.2) is 0 Å². The highest BCUT2D eigenvalue weighted by Gasteiger charge is 2.18. The van der Waals surface area contributed by atoms with Gasteiger partial charge < -0.3 is 20.4 Å². The molecule has 2 aromatic rings. The van der Waals surface area contributed by atoms with Crippen molar-refractivity contribution >= 4 is 12.0 Å². The average Bonchev–Trinajstić information content (AvgIpc) is 2.58. The fourth-order valence-corrected chi connectivity index (χ4v) is 2.75. The lowest BCUT2D eigenvalue weighted by atomic mass is 10.1. The van der Waals surface area contributed by atoms with Crippen molar-refractivity contribution in [3.8, 4) is 0 Å². The van der Waals surface area contributed by atoms with Crippen LogP contribution in [0.4, 0.5) is 5.82 Å². The lowest BCUT2D eigenvalue weighted by molar-refractivity contribution is 0.0904. The van der Waals surface area contributed by atoms with Crippen molar-refractivity contribution in [3.05, 3.63) is 51.3 Å². The molecule has 2 aromatic heterocycles. The molecule has 0 amide bonds. The van der Waals surface area contributed by atoms with Crippen molar-refractivity contribution in [1.29, 1.82) is 5.41 Å². The summed E-state index contributed by atoms with van der Waals surface area (Å²) < 4.78 is 5.35. The Labute approximate surface area is 140 Å². The van der Waals surface area contributed by atoms with E-state index < -0.39 is 0 Å². The summed E-state index contributed by atoms with van der Waals surface area (Å²) >= 11 is 0. The normalized spacial score (nSPS) is 15.2. The van der Waals surface area contributed by atoms with Crippen LogP contribution in [-0.4, -0.2) is 40.4 Å². The van der Waals surface area contributed by atoms with Crippen molar-refractivity contribution < 1.29 is 4.74 Å². The van der Waals surface area contributed by atoms with E-state index in [1.54, 1.807) is 6.20 Å². The Kier molecular flexibility index (Phi) is 5.00. The van der Waals surface area contributed by atoms with Gasteiger partial charge in [-0.2, -0.15) is 0 Å². The zero-order valence-corrected chi connectivity index (χ0v) is 13.6. The number of ether oxygens (including phenoxy) is 1. The van der Waals surface area contributed by atoms with E-state index in [0.717, 1.165) is 30.3 Å². The van der Waals surface area contributed by atoms with Crippen molar-refractivity contribution in [2.75, 3.05) is 18.5 Å². The minimum absolute atomic E-state index is 0.205. The largest absolute Gasteiger partial charge is 0.381 e. The smallest absolute Gasteiger partial charge is 0.261 e. The molecule has 1 aliphatic rings. The van der Waals surface area contributed by atoms with Crippen LogP contribution in [0.2, 0.25) is 0 Å². The Morgan fingerprint density at radius 3 is 2.96 bits per heavy atom. The lowest BCUT2D eigenvalue weighted by Gasteiger charge is -2.24. The second-order valence-corrected chi connectivity index (χ2v) is 5.89. The van der Waals surface area contributed by atoms with Gasteiger partial charge >= 0.3 is 0 Å². The third-order valence-corrected chi connectivity index (χ3v) is 4.16. The standard InChI is InChI=1S/C17H21N5O2/c1-11-3-2-6-19-14(11)9-15-21-16(13(10-18)17(23)22-15)20-12-4-7-24-8-5-12/h2-3,6,10,12,18H,4-5,7-9H2,1H3,(H2,20,21,22,23). The fourth-order valence-electron chi connectivity index (χ4n) is 2.75. The van der Waals surface area contributed by atoms with Gasteiger partial charge in [0.2, 0.25) is 0 Å². The number of aromatic amines is 1. The van der Waals surface area contributed by atoms with Gasteiger partial charge in [0.05, 0.1) is 11.3 Å². The molecule has 0 unspecified atom stereocenters. The van der Waals surface area contributed by atoms with Gasteiger partial charge in [0.25, 0.3) is 5.56 Å². The van der Waals surface area contributed by atoms with E-state index in [0.29, 0.717) is 31.3 Å². The third-order valence-electron chi connectivity index (χ3n) is 4.16. The fraction of sp³-hybridized carbons (Fsp3) is 0.412. The molecule has 126 valence electrons. The molecule has 0 radical (unpaired) electrons. The maximum Gasteiger partial charge on any atom is 0.261 e. The Balaban J connectivity index is 1.89. The molecule has 0 bridgehead atoms. The molecule has 1 aliphatic heterocycles. The minimum Gasteiger partial charge on any atom is -0.381 e. The Morgan fingerprint density at radius 2 is 2.25 bits per heavy atom. The Morgan fingerprint density at radius 1 is 1.46 bits per heavy atom. The third kappa shape index (κ3) is 3.68. The first-order chi connectivity index (χ1) is 11.7. The molecule has 0 atom stereocenters. The molecule has 24 heavy (non-hydrogen) atoms. The number of pyridine rings is 1. The number of anilines is 1. The SMILES string of the molecule is Cc1cccnc1Cc1nc(NC2CCOCC2)c(C=N)c(=O)[nH]1. The van der Waals surface area contributed by atoms with Crippen LogP contribution in [0.25, 0.3) is 0 Å². The van der Waals surface area contributed by atoms with E-state index in [1.165, 1.54) is 0 Å². The molecule has 0 aromatic carbocycles.